The van der Waals surface area contributed by atoms with E-state index in [2.05, 4.69) is 12.7 Å². The van der Waals surface area contributed by atoms with Crippen molar-refractivity contribution in [2.45, 2.75) is 12.8 Å². The summed E-state index contributed by atoms with van der Waals surface area (Å²) in [5, 5.41) is 0. The molecule has 0 bridgehead atoms. The smallest absolute Gasteiger partial charge is 0.378 e. The van der Waals surface area contributed by atoms with E-state index in [0.29, 0.717) is 18.7 Å². The summed E-state index contributed by atoms with van der Waals surface area (Å²) in [6.45, 7) is 0. The minimum atomic E-state index is -0.411. The normalized spacial score (nSPS) is 8.62. The number of halogens is 1. The monoisotopic (exact) mass is 132 g/mol. The van der Waals surface area contributed by atoms with Gasteiger partial charge in [-0.25, -0.2) is 0 Å². The summed E-state index contributed by atoms with van der Waals surface area (Å²) in [6.07, 6.45) is 0.928. The third kappa shape index (κ3) is 4.00. The summed E-state index contributed by atoms with van der Waals surface area (Å²) in [6, 6.07) is 0. The van der Waals surface area contributed by atoms with Crippen molar-refractivity contribution in [3.8, 4) is 0 Å². The van der Waals surface area contributed by atoms with Gasteiger partial charge in [-0.05, 0) is 6.42 Å². The van der Waals surface area contributed by atoms with Crippen LogP contribution in [0.5, 0.6) is 0 Å². The first kappa shape index (κ1) is 7.82. The van der Waals surface area contributed by atoms with Gasteiger partial charge >= 0.3 is 8.05 Å². The standard InChI is InChI=1S/C4H6BClO2/c5-8-4(7)2-1-3-6/h1-3H2. The average molecular weight is 132 g/mol. The summed E-state index contributed by atoms with van der Waals surface area (Å²) in [5.74, 6) is 0.0559. The molecule has 0 unspecified atom stereocenters. The van der Waals surface area contributed by atoms with Crippen LogP contribution >= 0.6 is 11.6 Å². The van der Waals surface area contributed by atoms with E-state index in [0.717, 1.165) is 0 Å². The Hall–Kier alpha value is -0.175. The Balaban J connectivity index is 2.99. The van der Waals surface area contributed by atoms with Gasteiger partial charge in [-0.3, -0.25) is 4.79 Å². The Kier molecular flexibility index (Phi) is 4.86. The highest BCUT2D eigenvalue weighted by atomic mass is 35.5. The molecule has 0 spiro atoms. The van der Waals surface area contributed by atoms with Gasteiger partial charge in [0.2, 0.25) is 0 Å². The zero-order valence-corrected chi connectivity index (χ0v) is 5.15. The highest BCUT2D eigenvalue weighted by Crippen LogP contribution is 1.92. The molecule has 4 heteroatoms. The summed E-state index contributed by atoms with van der Waals surface area (Å²) in [7, 11) is 4.52. The van der Waals surface area contributed by atoms with E-state index in [9.17, 15) is 4.79 Å². The van der Waals surface area contributed by atoms with Gasteiger partial charge in [-0.1, -0.05) is 0 Å². The van der Waals surface area contributed by atoms with Crippen LogP contribution in [0.25, 0.3) is 0 Å². The molecule has 0 aliphatic carbocycles. The minimum Gasteiger partial charge on any atom is -0.543 e. The summed E-state index contributed by atoms with van der Waals surface area (Å²) >= 11 is 5.25. The lowest BCUT2D eigenvalue weighted by Gasteiger charge is -1.93. The molecule has 0 heterocycles. The van der Waals surface area contributed by atoms with Gasteiger partial charge in [-0.2, -0.15) is 0 Å². The maximum Gasteiger partial charge on any atom is 0.378 e. The van der Waals surface area contributed by atoms with Crippen LogP contribution in [-0.2, 0) is 9.45 Å². The number of hydrogen-bond donors (Lipinski definition) is 0. The zero-order valence-electron chi connectivity index (χ0n) is 4.39. The molecule has 0 amide bonds. The highest BCUT2D eigenvalue weighted by molar-refractivity contribution is 6.18. The molecule has 8 heavy (non-hydrogen) atoms. The number of carbonyl (C=O) groups excluding carboxylic acids is 1. The molecule has 2 nitrogen and oxygen atoms in total. The molecule has 0 aromatic rings. The van der Waals surface area contributed by atoms with Crippen molar-refractivity contribution >= 4 is 25.6 Å². The van der Waals surface area contributed by atoms with Gasteiger partial charge in [0.1, 0.15) is 0 Å². The molecule has 0 fully saturated rings. The van der Waals surface area contributed by atoms with Crippen LogP contribution in [-0.4, -0.2) is 19.9 Å². The van der Waals surface area contributed by atoms with E-state index < -0.39 is 5.97 Å². The minimum absolute atomic E-state index is 0.306. The van der Waals surface area contributed by atoms with E-state index in [4.69, 9.17) is 11.6 Å². The fourth-order valence-corrected chi connectivity index (χ4v) is 0.404. The maximum absolute atomic E-state index is 10.2. The van der Waals surface area contributed by atoms with Gasteiger partial charge in [0.25, 0.3) is 5.97 Å². The molecule has 0 rings (SSSR count). The summed E-state index contributed by atoms with van der Waals surface area (Å²) in [5.41, 5.74) is 0. The number of carbonyl (C=O) groups is 1. The maximum atomic E-state index is 10.2. The SMILES string of the molecule is [B]OC(=O)CCCCl. The third-order valence-electron chi connectivity index (χ3n) is 0.646. The molecular formula is C4H6BClO2. The van der Waals surface area contributed by atoms with Crippen molar-refractivity contribution in [1.29, 1.82) is 0 Å². The topological polar surface area (TPSA) is 26.3 Å². The Bertz CT molecular complexity index is 76.4. The Morgan fingerprint density at radius 3 is 2.75 bits per heavy atom. The van der Waals surface area contributed by atoms with Gasteiger partial charge in [0.15, 0.2) is 0 Å². The molecular weight excluding hydrogens is 126 g/mol. The van der Waals surface area contributed by atoms with Gasteiger partial charge in [0.05, 0.1) is 0 Å². The highest BCUT2D eigenvalue weighted by Gasteiger charge is 1.95. The van der Waals surface area contributed by atoms with E-state index in [1.54, 1.807) is 0 Å². The fraction of sp³-hybridized carbons (Fsp3) is 0.750. The van der Waals surface area contributed by atoms with Crippen molar-refractivity contribution < 1.29 is 9.45 Å². The largest absolute Gasteiger partial charge is 0.543 e. The van der Waals surface area contributed by atoms with Crippen LogP contribution in [0.1, 0.15) is 12.8 Å². The van der Waals surface area contributed by atoms with E-state index in [1.165, 1.54) is 0 Å². The van der Waals surface area contributed by atoms with Crippen molar-refractivity contribution in [2.24, 2.45) is 0 Å². The van der Waals surface area contributed by atoms with Crippen molar-refractivity contribution in [3.05, 3.63) is 0 Å². The molecule has 0 saturated heterocycles. The van der Waals surface area contributed by atoms with E-state index in [1.807, 2.05) is 0 Å². The summed E-state index contributed by atoms with van der Waals surface area (Å²) in [4.78, 5) is 10.2. The number of alkyl halides is 1. The third-order valence-corrected chi connectivity index (χ3v) is 0.913. The van der Waals surface area contributed by atoms with Crippen LogP contribution in [0.2, 0.25) is 0 Å². The van der Waals surface area contributed by atoms with Crippen molar-refractivity contribution in [3.63, 3.8) is 0 Å². The molecule has 0 aromatic carbocycles. The lowest BCUT2D eigenvalue weighted by molar-refractivity contribution is -0.134. The molecule has 0 saturated carbocycles. The fourth-order valence-electron chi connectivity index (χ4n) is 0.270. The average Bonchev–Trinajstić information content (AvgIpc) is 1.83. The first-order valence-electron chi connectivity index (χ1n) is 2.26. The van der Waals surface area contributed by atoms with Crippen molar-refractivity contribution in [2.75, 3.05) is 5.88 Å². The second kappa shape index (κ2) is 4.97. The lowest BCUT2D eigenvalue weighted by atomic mass is 10.3. The van der Waals surface area contributed by atoms with Gasteiger partial charge < -0.3 is 4.65 Å². The van der Waals surface area contributed by atoms with Crippen LogP contribution < -0.4 is 0 Å². The molecule has 0 N–H and O–H groups in total. The number of rotatable bonds is 3. The van der Waals surface area contributed by atoms with E-state index in [-0.39, 0.29) is 0 Å². The first-order valence-corrected chi connectivity index (χ1v) is 2.80. The first-order chi connectivity index (χ1) is 3.81. The van der Waals surface area contributed by atoms with E-state index >= 15 is 0 Å². The molecule has 0 atom stereocenters. The van der Waals surface area contributed by atoms with Crippen LogP contribution in [0.3, 0.4) is 0 Å². The number of hydrogen-bond acceptors (Lipinski definition) is 2. The van der Waals surface area contributed by atoms with Crippen LogP contribution in [0.4, 0.5) is 0 Å². The molecule has 0 aliphatic heterocycles. The zero-order chi connectivity index (χ0) is 6.41. The second-order valence-corrected chi connectivity index (χ2v) is 1.66. The molecule has 44 valence electrons. The molecule has 0 aliphatic rings. The summed E-state index contributed by atoms with van der Waals surface area (Å²) < 4.78 is 3.85. The predicted octanol–water partition coefficient (Wildman–Crippen LogP) is 0.632. The quantitative estimate of drug-likeness (QED) is 0.416. The molecule has 2 radical (unpaired) electrons. The molecule has 0 aromatic heterocycles. The Labute approximate surface area is 54.6 Å². The van der Waals surface area contributed by atoms with Gasteiger partial charge in [-0.15, -0.1) is 11.6 Å². The predicted molar refractivity (Wildman–Crippen MR) is 31.8 cm³/mol. The second-order valence-electron chi connectivity index (χ2n) is 1.28. The van der Waals surface area contributed by atoms with Crippen LogP contribution in [0, 0.1) is 0 Å². The lowest BCUT2D eigenvalue weighted by Crippen LogP contribution is -2.00. The van der Waals surface area contributed by atoms with Crippen molar-refractivity contribution in [1.82, 2.24) is 0 Å². The Morgan fingerprint density at radius 2 is 2.38 bits per heavy atom. The van der Waals surface area contributed by atoms with Gasteiger partial charge in [0, 0.05) is 12.3 Å². The Morgan fingerprint density at radius 1 is 1.75 bits per heavy atom. The van der Waals surface area contributed by atoms with Crippen LogP contribution in [0.15, 0.2) is 0 Å².